The number of allylic oxidation sites excluding steroid dienone is 1. The highest BCUT2D eigenvalue weighted by molar-refractivity contribution is 5.94. The molecule has 0 spiro atoms. The molecule has 0 radical (unpaired) electrons. The van der Waals surface area contributed by atoms with Crippen molar-refractivity contribution in [3.8, 4) is 5.75 Å². The van der Waals surface area contributed by atoms with Gasteiger partial charge in [-0.1, -0.05) is 65.0 Å². The minimum absolute atomic E-state index is 0.0693. The van der Waals surface area contributed by atoms with Gasteiger partial charge < -0.3 is 35.8 Å². The van der Waals surface area contributed by atoms with Crippen molar-refractivity contribution in [1.29, 1.82) is 0 Å². The molecule has 4 unspecified atom stereocenters. The molecule has 6 fully saturated rings. The number of carboxylic acid groups (broad SMARTS) is 1. The molecule has 5 aliphatic carbocycles. The van der Waals surface area contributed by atoms with Crippen LogP contribution in [0.4, 0.5) is 0 Å². The van der Waals surface area contributed by atoms with Crippen LogP contribution < -0.4 is 20.7 Å². The van der Waals surface area contributed by atoms with Gasteiger partial charge in [0, 0.05) is 51.4 Å². The van der Waals surface area contributed by atoms with Crippen molar-refractivity contribution in [2.75, 3.05) is 45.9 Å². The van der Waals surface area contributed by atoms with E-state index in [0.717, 1.165) is 83.2 Å². The van der Waals surface area contributed by atoms with Crippen LogP contribution in [0, 0.1) is 56.7 Å². The van der Waals surface area contributed by atoms with Gasteiger partial charge in [0.1, 0.15) is 11.3 Å². The van der Waals surface area contributed by atoms with Gasteiger partial charge in [-0.25, -0.2) is 4.79 Å². The summed E-state index contributed by atoms with van der Waals surface area (Å²) in [4.78, 5) is 42.7. The van der Waals surface area contributed by atoms with Gasteiger partial charge >= 0.3 is 5.97 Å². The lowest BCUT2D eigenvalue weighted by Crippen LogP contribution is -2.67. The number of carbonyl (C=O) groups is 3. The molecule has 1 aliphatic heterocycles. The number of nitrogens with one attached hydrogen (secondary N) is 3. The number of carbonyl (C=O) groups excluding carboxylic acids is 2. The number of amides is 2. The third-order valence-electron chi connectivity index (χ3n) is 19.2. The summed E-state index contributed by atoms with van der Waals surface area (Å²) in [6, 6.07) is 12.6. The molecule has 64 heavy (non-hydrogen) atoms. The van der Waals surface area contributed by atoms with E-state index in [9.17, 15) is 24.6 Å². The molecule has 1 saturated heterocycles. The number of piperazine rings is 1. The van der Waals surface area contributed by atoms with E-state index in [1.165, 1.54) is 31.3 Å². The first-order valence-corrected chi connectivity index (χ1v) is 24.9. The zero-order valence-corrected chi connectivity index (χ0v) is 39.8. The van der Waals surface area contributed by atoms with Crippen molar-refractivity contribution >= 4 is 17.8 Å². The number of hydrogen-bond acceptors (Lipinski definition) is 7. The predicted molar refractivity (Wildman–Crippen MR) is 252 cm³/mol. The number of aliphatic hydroxyl groups is 1. The van der Waals surface area contributed by atoms with E-state index in [-0.39, 0.29) is 57.6 Å². The van der Waals surface area contributed by atoms with Crippen molar-refractivity contribution < 1.29 is 29.3 Å². The quantitative estimate of drug-likeness (QED) is 0.0939. The largest absolute Gasteiger partial charge is 0.493 e. The van der Waals surface area contributed by atoms with E-state index in [1.807, 2.05) is 18.2 Å². The van der Waals surface area contributed by atoms with Gasteiger partial charge in [0.25, 0.3) is 5.91 Å². The smallest absolute Gasteiger partial charge is 0.339 e. The van der Waals surface area contributed by atoms with Crippen LogP contribution in [0.25, 0.3) is 0 Å². The SMILES string of the molecule is C=C(C)[C@@H]1CC[C@]2(C(=O)NCCc3cccc(C(=O)NCc4ccc(OCCCN5CCNCC5)c(C(=O)O)c4)c3)CC[C@]3(C)C(CCC4[C@@]5(C)CC[C@H](O)C(C)(C)C5CC[C@]43C)C12. The first-order valence-electron chi connectivity index (χ1n) is 24.9. The highest BCUT2D eigenvalue weighted by Gasteiger charge is 2.71. The third kappa shape index (κ3) is 8.24. The van der Waals surface area contributed by atoms with Crippen molar-refractivity contribution in [2.24, 2.45) is 56.7 Å². The summed E-state index contributed by atoms with van der Waals surface area (Å²) in [5.74, 6) is 1.48. The molecule has 6 aliphatic rings. The summed E-state index contributed by atoms with van der Waals surface area (Å²) < 4.78 is 5.89. The van der Waals surface area contributed by atoms with Gasteiger partial charge in [-0.05, 0) is 171 Å². The molecule has 1 heterocycles. The maximum Gasteiger partial charge on any atom is 0.339 e. The van der Waals surface area contributed by atoms with Crippen LogP contribution in [-0.2, 0) is 17.8 Å². The Labute approximate surface area is 383 Å². The normalized spacial score (nSPS) is 35.5. The highest BCUT2D eigenvalue weighted by atomic mass is 16.5. The highest BCUT2D eigenvalue weighted by Crippen LogP contribution is 2.77. The van der Waals surface area contributed by atoms with Gasteiger partial charge in [0.2, 0.25) is 5.91 Å². The van der Waals surface area contributed by atoms with Gasteiger partial charge in [-0.2, -0.15) is 0 Å². The monoisotopic (exact) mass is 879 g/mol. The summed E-state index contributed by atoms with van der Waals surface area (Å²) in [5, 5.41) is 30.9. The summed E-state index contributed by atoms with van der Waals surface area (Å²) in [6.07, 6.45) is 11.9. The van der Waals surface area contributed by atoms with Gasteiger partial charge in [-0.15, -0.1) is 0 Å². The van der Waals surface area contributed by atoms with Crippen LogP contribution in [0.15, 0.2) is 54.6 Å². The zero-order chi connectivity index (χ0) is 45.7. The summed E-state index contributed by atoms with van der Waals surface area (Å²) in [7, 11) is 0. The molecule has 8 rings (SSSR count). The summed E-state index contributed by atoms with van der Waals surface area (Å²) >= 11 is 0. The van der Waals surface area contributed by atoms with Crippen molar-refractivity contribution in [2.45, 2.75) is 131 Å². The summed E-state index contributed by atoms with van der Waals surface area (Å²) in [5.41, 5.74) is 3.57. The van der Waals surface area contributed by atoms with Crippen LogP contribution in [0.3, 0.4) is 0 Å². The molecule has 5 N–H and O–H groups in total. The van der Waals surface area contributed by atoms with Crippen LogP contribution in [0.1, 0.15) is 144 Å². The number of benzene rings is 2. The van der Waals surface area contributed by atoms with Crippen LogP contribution in [0.5, 0.6) is 5.75 Å². The Bertz CT molecular complexity index is 2080. The minimum atomic E-state index is -1.06. The number of carboxylic acids is 1. The molecule has 10 atom stereocenters. The molecule has 5 saturated carbocycles. The number of ether oxygens (including phenoxy) is 1. The first-order chi connectivity index (χ1) is 30.4. The fourth-order valence-electron chi connectivity index (χ4n) is 15.6. The third-order valence-corrected chi connectivity index (χ3v) is 19.2. The second-order valence-corrected chi connectivity index (χ2v) is 22.5. The lowest BCUT2D eigenvalue weighted by atomic mass is 9.32. The fourth-order valence-corrected chi connectivity index (χ4v) is 15.6. The number of hydrogen-bond donors (Lipinski definition) is 5. The molecule has 0 bridgehead atoms. The van der Waals surface area contributed by atoms with Gasteiger partial charge in [0.05, 0.1) is 18.1 Å². The Morgan fingerprint density at radius 1 is 0.859 bits per heavy atom. The molecule has 10 nitrogen and oxygen atoms in total. The minimum Gasteiger partial charge on any atom is -0.493 e. The van der Waals surface area contributed by atoms with E-state index in [2.05, 4.69) is 69.0 Å². The average molecular weight is 879 g/mol. The lowest BCUT2D eigenvalue weighted by Gasteiger charge is -2.72. The Balaban J connectivity index is 0.883. The zero-order valence-electron chi connectivity index (χ0n) is 39.8. The molecular formula is C54H78N4O6. The number of fused-ring (bicyclic) bond motifs is 7. The Kier molecular flexibility index (Phi) is 13.3. The van der Waals surface area contributed by atoms with E-state index in [1.54, 1.807) is 24.3 Å². The first kappa shape index (κ1) is 46.8. The summed E-state index contributed by atoms with van der Waals surface area (Å²) in [6.45, 7) is 25.2. The fraction of sp³-hybridized carbons (Fsp3) is 0.685. The van der Waals surface area contributed by atoms with Crippen molar-refractivity contribution in [3.05, 3.63) is 76.9 Å². The molecule has 0 aromatic heterocycles. The van der Waals surface area contributed by atoms with Gasteiger partial charge in [0.15, 0.2) is 0 Å². The molecule has 350 valence electrons. The predicted octanol–water partition coefficient (Wildman–Crippen LogP) is 8.67. The maximum absolute atomic E-state index is 14.8. The average Bonchev–Trinajstić information content (AvgIpc) is 3.68. The number of aliphatic hydroxyl groups excluding tert-OH is 1. The maximum atomic E-state index is 14.8. The van der Waals surface area contributed by atoms with E-state index in [0.29, 0.717) is 60.1 Å². The second kappa shape index (κ2) is 18.2. The molecule has 2 aromatic rings. The number of nitrogens with zero attached hydrogens (tertiary/aromatic N) is 1. The Hall–Kier alpha value is -3.73. The standard InChI is InChI=1S/C54H78N4O6/c1-35(2)39-16-22-54(24-23-52(6)41(46(39)54)13-15-44-51(5)20-18-45(59)50(3,4)43(51)17-21-53(44,52)7)49(63)56-25-19-36-10-8-11-38(32-36)47(60)57-34-37-12-14-42(40(33-37)48(61)62)64-31-9-28-58-29-26-55-27-30-58/h8,10-12,14,32-33,39,41,43-46,55,59H,1,9,13,15-31,34H2,2-7H3,(H,56,63)(H,57,60)(H,61,62)/t39-,41?,43?,44?,45-,46?,51-,52+,53+,54-/m0/s1. The number of aromatic carboxylic acids is 1. The molecular weight excluding hydrogens is 801 g/mol. The van der Waals surface area contributed by atoms with E-state index >= 15 is 0 Å². The Morgan fingerprint density at radius 3 is 2.39 bits per heavy atom. The van der Waals surface area contributed by atoms with E-state index in [4.69, 9.17) is 4.74 Å². The van der Waals surface area contributed by atoms with Crippen LogP contribution in [-0.4, -0.2) is 84.9 Å². The van der Waals surface area contributed by atoms with Crippen molar-refractivity contribution in [3.63, 3.8) is 0 Å². The molecule has 2 amide bonds. The molecule has 10 heteroatoms. The number of rotatable bonds is 14. The van der Waals surface area contributed by atoms with E-state index < -0.39 is 11.4 Å². The topological polar surface area (TPSA) is 140 Å². The van der Waals surface area contributed by atoms with Crippen LogP contribution in [0.2, 0.25) is 0 Å². The van der Waals surface area contributed by atoms with Gasteiger partial charge in [-0.3, -0.25) is 9.59 Å². The van der Waals surface area contributed by atoms with Crippen LogP contribution >= 0.6 is 0 Å². The Morgan fingerprint density at radius 2 is 1.64 bits per heavy atom. The van der Waals surface area contributed by atoms with Crippen molar-refractivity contribution in [1.82, 2.24) is 20.9 Å². The lowest BCUT2D eigenvalue weighted by molar-refractivity contribution is -0.246. The molecule has 2 aromatic carbocycles. The second-order valence-electron chi connectivity index (χ2n) is 22.5.